The zero-order chi connectivity index (χ0) is 24.3. The first-order chi connectivity index (χ1) is 16.3. The normalized spacial score (nSPS) is 19.0. The molecule has 0 spiro atoms. The van der Waals surface area contributed by atoms with Crippen molar-refractivity contribution in [3.05, 3.63) is 59.7 Å². The molecule has 0 saturated carbocycles. The predicted molar refractivity (Wildman–Crippen MR) is 128 cm³/mol. The molecule has 0 aromatic heterocycles. The third-order valence-electron chi connectivity index (χ3n) is 7.17. The molecule has 1 aliphatic heterocycles. The number of alkyl carbamates (subject to hydrolysis) is 1. The lowest BCUT2D eigenvalue weighted by Gasteiger charge is -2.38. The highest BCUT2D eigenvalue weighted by Crippen LogP contribution is 2.44. The quantitative estimate of drug-likeness (QED) is 0.633. The number of carbonyl (C=O) groups is 3. The highest BCUT2D eigenvalue weighted by Gasteiger charge is 2.39. The zero-order valence-electron chi connectivity index (χ0n) is 19.8. The number of benzene rings is 2. The van der Waals surface area contributed by atoms with Gasteiger partial charge in [0, 0.05) is 25.4 Å². The van der Waals surface area contributed by atoms with Gasteiger partial charge in [0.15, 0.2) is 0 Å². The van der Waals surface area contributed by atoms with Crippen molar-refractivity contribution in [3.8, 4) is 11.1 Å². The SMILES string of the molecule is CCC(C)(NC(=O)OCC1c2ccccc2-c2ccccc21)C(=O)N1CCCC(CC(=O)O)C1. The summed E-state index contributed by atoms with van der Waals surface area (Å²) >= 11 is 0. The summed E-state index contributed by atoms with van der Waals surface area (Å²) in [5.41, 5.74) is 3.45. The molecule has 2 atom stereocenters. The van der Waals surface area contributed by atoms with E-state index in [0.717, 1.165) is 35.1 Å². The largest absolute Gasteiger partial charge is 0.481 e. The summed E-state index contributed by atoms with van der Waals surface area (Å²) in [6, 6.07) is 16.3. The third kappa shape index (κ3) is 4.79. The number of likely N-dealkylation sites (tertiary alicyclic amines) is 1. The molecule has 1 aliphatic carbocycles. The molecule has 180 valence electrons. The Kier molecular flexibility index (Phi) is 6.91. The summed E-state index contributed by atoms with van der Waals surface area (Å²) in [4.78, 5) is 38.9. The van der Waals surface area contributed by atoms with Crippen LogP contribution in [0, 0.1) is 5.92 Å². The number of carboxylic acid groups (broad SMARTS) is 1. The van der Waals surface area contributed by atoms with Gasteiger partial charge in [0.05, 0.1) is 0 Å². The molecule has 34 heavy (non-hydrogen) atoms. The van der Waals surface area contributed by atoms with Gasteiger partial charge in [-0.15, -0.1) is 0 Å². The summed E-state index contributed by atoms with van der Waals surface area (Å²) in [5, 5.41) is 11.9. The second-order valence-electron chi connectivity index (χ2n) is 9.49. The maximum absolute atomic E-state index is 13.3. The molecule has 0 bridgehead atoms. The van der Waals surface area contributed by atoms with E-state index in [0.29, 0.717) is 19.5 Å². The molecular formula is C27H32N2O5. The maximum atomic E-state index is 13.3. The van der Waals surface area contributed by atoms with E-state index in [1.54, 1.807) is 11.8 Å². The molecule has 7 nitrogen and oxygen atoms in total. The molecule has 1 saturated heterocycles. The molecule has 2 unspecified atom stereocenters. The zero-order valence-corrected chi connectivity index (χ0v) is 19.8. The highest BCUT2D eigenvalue weighted by atomic mass is 16.5. The minimum atomic E-state index is -1.12. The van der Waals surface area contributed by atoms with Crippen LogP contribution >= 0.6 is 0 Å². The Morgan fingerprint density at radius 3 is 2.29 bits per heavy atom. The number of ether oxygens (including phenoxy) is 1. The van der Waals surface area contributed by atoms with Gasteiger partial charge in [0.25, 0.3) is 0 Å². The number of nitrogens with zero attached hydrogens (tertiary/aromatic N) is 1. The van der Waals surface area contributed by atoms with Crippen molar-refractivity contribution in [2.45, 2.75) is 51.0 Å². The van der Waals surface area contributed by atoms with Crippen LogP contribution in [0.15, 0.2) is 48.5 Å². The van der Waals surface area contributed by atoms with E-state index in [1.165, 1.54) is 0 Å². The van der Waals surface area contributed by atoms with Crippen molar-refractivity contribution < 1.29 is 24.2 Å². The number of fused-ring (bicyclic) bond motifs is 3. The van der Waals surface area contributed by atoms with Crippen LogP contribution in [0.2, 0.25) is 0 Å². The van der Waals surface area contributed by atoms with Crippen molar-refractivity contribution in [2.24, 2.45) is 5.92 Å². The average Bonchev–Trinajstić information content (AvgIpc) is 3.15. The lowest BCUT2D eigenvalue weighted by atomic mass is 9.91. The Bertz CT molecular complexity index is 1040. The molecule has 2 amide bonds. The van der Waals surface area contributed by atoms with Gasteiger partial charge in [-0.1, -0.05) is 55.5 Å². The molecule has 1 heterocycles. The molecule has 2 aromatic carbocycles. The number of nitrogens with one attached hydrogen (secondary N) is 1. The van der Waals surface area contributed by atoms with E-state index in [2.05, 4.69) is 29.6 Å². The van der Waals surface area contributed by atoms with Gasteiger partial charge >= 0.3 is 12.1 Å². The Hall–Kier alpha value is -3.35. The van der Waals surface area contributed by atoms with Crippen LogP contribution in [0.1, 0.15) is 56.6 Å². The van der Waals surface area contributed by atoms with E-state index in [4.69, 9.17) is 9.84 Å². The third-order valence-corrected chi connectivity index (χ3v) is 7.17. The lowest BCUT2D eigenvalue weighted by molar-refractivity contribution is -0.143. The number of aliphatic carboxylic acids is 1. The van der Waals surface area contributed by atoms with Crippen LogP contribution in [0.5, 0.6) is 0 Å². The van der Waals surface area contributed by atoms with Crippen molar-refractivity contribution in [2.75, 3.05) is 19.7 Å². The molecule has 0 radical (unpaired) electrons. The Morgan fingerprint density at radius 1 is 1.09 bits per heavy atom. The molecule has 2 aliphatic rings. The monoisotopic (exact) mass is 464 g/mol. The molecule has 7 heteroatoms. The second-order valence-corrected chi connectivity index (χ2v) is 9.49. The topological polar surface area (TPSA) is 95.9 Å². The summed E-state index contributed by atoms with van der Waals surface area (Å²) in [7, 11) is 0. The van der Waals surface area contributed by atoms with Crippen LogP contribution in [0.3, 0.4) is 0 Å². The number of piperidine rings is 1. The fraction of sp³-hybridized carbons (Fsp3) is 0.444. The number of carbonyl (C=O) groups excluding carboxylic acids is 2. The van der Waals surface area contributed by atoms with Crippen molar-refractivity contribution in [1.29, 1.82) is 0 Å². The smallest absolute Gasteiger partial charge is 0.408 e. The summed E-state index contributed by atoms with van der Waals surface area (Å²) < 4.78 is 5.65. The summed E-state index contributed by atoms with van der Waals surface area (Å²) in [5.74, 6) is -1.17. The van der Waals surface area contributed by atoms with E-state index in [1.807, 2.05) is 31.2 Å². The molecule has 2 N–H and O–H groups in total. The van der Waals surface area contributed by atoms with Gasteiger partial charge in [-0.2, -0.15) is 0 Å². The van der Waals surface area contributed by atoms with Crippen LogP contribution < -0.4 is 5.32 Å². The lowest BCUT2D eigenvalue weighted by Crippen LogP contribution is -2.59. The number of amides is 2. The first-order valence-electron chi connectivity index (χ1n) is 12.0. The predicted octanol–water partition coefficient (Wildman–Crippen LogP) is 4.41. The minimum absolute atomic E-state index is 0.0480. The molecule has 2 aromatic rings. The van der Waals surface area contributed by atoms with E-state index in [9.17, 15) is 14.4 Å². The first kappa shape index (κ1) is 23.8. The van der Waals surface area contributed by atoms with Crippen molar-refractivity contribution in [3.63, 3.8) is 0 Å². The van der Waals surface area contributed by atoms with Crippen LogP contribution in [0.25, 0.3) is 11.1 Å². The second kappa shape index (κ2) is 9.87. The average molecular weight is 465 g/mol. The Morgan fingerprint density at radius 2 is 1.71 bits per heavy atom. The van der Waals surface area contributed by atoms with Gasteiger partial charge in [-0.05, 0) is 54.4 Å². The van der Waals surface area contributed by atoms with Crippen LogP contribution in [-0.4, -0.2) is 53.2 Å². The molecular weight excluding hydrogens is 432 g/mol. The van der Waals surface area contributed by atoms with Gasteiger partial charge in [-0.25, -0.2) is 4.79 Å². The summed E-state index contributed by atoms with van der Waals surface area (Å²) in [6.45, 7) is 4.69. The van der Waals surface area contributed by atoms with E-state index < -0.39 is 17.6 Å². The minimum Gasteiger partial charge on any atom is -0.481 e. The number of hydrogen-bond acceptors (Lipinski definition) is 4. The fourth-order valence-electron chi connectivity index (χ4n) is 5.16. The number of carboxylic acids is 1. The van der Waals surface area contributed by atoms with Crippen molar-refractivity contribution in [1.82, 2.24) is 10.2 Å². The first-order valence-corrected chi connectivity index (χ1v) is 12.0. The molecule has 4 rings (SSSR count). The summed E-state index contributed by atoms with van der Waals surface area (Å²) in [6.07, 6.45) is 1.37. The van der Waals surface area contributed by atoms with Crippen LogP contribution in [-0.2, 0) is 14.3 Å². The van der Waals surface area contributed by atoms with E-state index in [-0.39, 0.29) is 30.8 Å². The maximum Gasteiger partial charge on any atom is 0.408 e. The van der Waals surface area contributed by atoms with Crippen LogP contribution in [0.4, 0.5) is 4.79 Å². The Labute approximate surface area is 200 Å². The van der Waals surface area contributed by atoms with Gasteiger partial charge in [-0.3, -0.25) is 9.59 Å². The van der Waals surface area contributed by atoms with Gasteiger partial charge in [0.2, 0.25) is 5.91 Å². The number of rotatable bonds is 7. The van der Waals surface area contributed by atoms with E-state index >= 15 is 0 Å². The van der Waals surface area contributed by atoms with Gasteiger partial charge in [0.1, 0.15) is 12.1 Å². The fourth-order valence-corrected chi connectivity index (χ4v) is 5.16. The van der Waals surface area contributed by atoms with Gasteiger partial charge < -0.3 is 20.1 Å². The standard InChI is InChI=1S/C27H32N2O5/c1-3-27(2,25(32)29-14-8-9-18(16-29)15-24(30)31)28-26(33)34-17-23-21-12-6-4-10-19(21)20-11-5-7-13-22(20)23/h4-7,10-13,18,23H,3,8-9,14-17H2,1-2H3,(H,28,33)(H,30,31). The molecule has 1 fully saturated rings. The van der Waals surface area contributed by atoms with Crippen molar-refractivity contribution >= 4 is 18.0 Å². The Balaban J connectivity index is 1.41. The highest BCUT2D eigenvalue weighted by molar-refractivity contribution is 5.89. The number of hydrogen-bond donors (Lipinski definition) is 2.